The van der Waals surface area contributed by atoms with Crippen LogP contribution in [0.1, 0.15) is 37.0 Å². The number of ether oxygens (including phenoxy) is 1. The molecule has 0 aliphatic carbocycles. The lowest BCUT2D eigenvalue weighted by Crippen LogP contribution is -2.46. The number of nitrogens with one attached hydrogen (secondary N) is 1. The quantitative estimate of drug-likeness (QED) is 0.788. The van der Waals surface area contributed by atoms with Gasteiger partial charge >= 0.3 is 6.09 Å². The average molecular weight is 397 g/mol. The van der Waals surface area contributed by atoms with Crippen molar-refractivity contribution in [3.05, 3.63) is 29.8 Å². The predicted molar refractivity (Wildman–Crippen MR) is 101 cm³/mol. The summed E-state index contributed by atoms with van der Waals surface area (Å²) in [4.78, 5) is 25.8. The molecule has 0 unspecified atom stereocenters. The van der Waals surface area contributed by atoms with Crippen molar-refractivity contribution in [1.82, 2.24) is 14.5 Å². The first-order valence-electron chi connectivity index (χ1n) is 9.07. The summed E-state index contributed by atoms with van der Waals surface area (Å²) in [6, 6.07) is 6.01. The molecule has 1 aromatic carbocycles. The molecule has 0 aromatic heterocycles. The molecule has 0 saturated carbocycles. The standard InChI is InChI=1S/C18H27N3O5S/c1-4-21(5-2)27(24,25)16-8-6-7-14(13-16)17(22)19-15-9-11-20(12-10-15)18(23)26-3/h6-8,13,15H,4-5,9-12H2,1-3H3,(H,19,22). The molecule has 0 atom stereocenters. The molecule has 1 heterocycles. The zero-order valence-corrected chi connectivity index (χ0v) is 16.8. The monoisotopic (exact) mass is 397 g/mol. The van der Waals surface area contributed by atoms with Gasteiger partial charge in [0.15, 0.2) is 0 Å². The summed E-state index contributed by atoms with van der Waals surface area (Å²) in [5.41, 5.74) is 0.304. The van der Waals surface area contributed by atoms with Crippen LogP contribution < -0.4 is 5.32 Å². The molecule has 1 aliphatic rings. The Balaban J connectivity index is 2.05. The van der Waals surface area contributed by atoms with E-state index in [1.807, 2.05) is 0 Å². The SMILES string of the molecule is CCN(CC)S(=O)(=O)c1cccc(C(=O)NC2CCN(C(=O)OC)CC2)c1. The summed E-state index contributed by atoms with van der Waals surface area (Å²) in [7, 11) is -2.27. The maximum absolute atomic E-state index is 12.6. The van der Waals surface area contributed by atoms with Crippen LogP contribution in [0, 0.1) is 0 Å². The van der Waals surface area contributed by atoms with E-state index in [9.17, 15) is 18.0 Å². The third kappa shape index (κ3) is 4.98. The Morgan fingerprint density at radius 2 is 1.85 bits per heavy atom. The van der Waals surface area contributed by atoms with Gasteiger partial charge in [0.25, 0.3) is 5.91 Å². The molecule has 1 N–H and O–H groups in total. The number of carbonyl (C=O) groups excluding carboxylic acids is 2. The van der Waals surface area contributed by atoms with Gasteiger partial charge in [0.05, 0.1) is 12.0 Å². The van der Waals surface area contributed by atoms with E-state index in [4.69, 9.17) is 4.74 Å². The van der Waals surface area contributed by atoms with E-state index in [0.717, 1.165) is 0 Å². The lowest BCUT2D eigenvalue weighted by molar-refractivity contribution is 0.0892. The van der Waals surface area contributed by atoms with Gasteiger partial charge in [-0.3, -0.25) is 4.79 Å². The Bertz CT molecular complexity index is 769. The molecular formula is C18H27N3O5S. The van der Waals surface area contributed by atoms with Gasteiger partial charge in [0.2, 0.25) is 10.0 Å². The van der Waals surface area contributed by atoms with Gasteiger partial charge in [0.1, 0.15) is 0 Å². The first kappa shape index (κ1) is 21.2. The largest absolute Gasteiger partial charge is 0.453 e. The molecule has 1 fully saturated rings. The first-order valence-corrected chi connectivity index (χ1v) is 10.5. The average Bonchev–Trinajstić information content (AvgIpc) is 2.68. The zero-order chi connectivity index (χ0) is 20.0. The maximum Gasteiger partial charge on any atom is 0.409 e. The smallest absolute Gasteiger partial charge is 0.409 e. The fourth-order valence-corrected chi connectivity index (χ4v) is 4.62. The van der Waals surface area contributed by atoms with Gasteiger partial charge in [-0.05, 0) is 31.0 Å². The Morgan fingerprint density at radius 3 is 2.41 bits per heavy atom. The Hall–Kier alpha value is -2.13. The molecular weight excluding hydrogens is 370 g/mol. The van der Waals surface area contributed by atoms with Gasteiger partial charge in [-0.2, -0.15) is 4.31 Å². The third-order valence-corrected chi connectivity index (χ3v) is 6.75. The number of carbonyl (C=O) groups is 2. The molecule has 27 heavy (non-hydrogen) atoms. The number of benzene rings is 1. The third-order valence-electron chi connectivity index (χ3n) is 4.70. The van der Waals surface area contributed by atoms with Crippen molar-refractivity contribution in [3.8, 4) is 0 Å². The van der Waals surface area contributed by atoms with Crippen LogP contribution in [-0.2, 0) is 14.8 Å². The van der Waals surface area contributed by atoms with E-state index in [2.05, 4.69) is 5.32 Å². The van der Waals surface area contributed by atoms with E-state index < -0.39 is 10.0 Å². The van der Waals surface area contributed by atoms with Crippen LogP contribution in [0.3, 0.4) is 0 Å². The number of sulfonamides is 1. The van der Waals surface area contributed by atoms with Gasteiger partial charge < -0.3 is 15.0 Å². The second kappa shape index (κ2) is 9.18. The van der Waals surface area contributed by atoms with Gasteiger partial charge in [-0.1, -0.05) is 19.9 Å². The van der Waals surface area contributed by atoms with Crippen LogP contribution in [-0.4, -0.2) is 69.0 Å². The molecule has 0 radical (unpaired) electrons. The minimum atomic E-state index is -3.61. The van der Waals surface area contributed by atoms with Gasteiger partial charge in [-0.15, -0.1) is 0 Å². The second-order valence-electron chi connectivity index (χ2n) is 6.32. The molecule has 1 aromatic rings. The molecule has 1 saturated heterocycles. The molecule has 0 spiro atoms. The van der Waals surface area contributed by atoms with Crippen molar-refractivity contribution >= 4 is 22.0 Å². The van der Waals surface area contributed by atoms with Crippen molar-refractivity contribution in [3.63, 3.8) is 0 Å². The minimum Gasteiger partial charge on any atom is -0.453 e. The lowest BCUT2D eigenvalue weighted by Gasteiger charge is -2.31. The summed E-state index contributed by atoms with van der Waals surface area (Å²) in [6.45, 7) is 5.31. The first-order chi connectivity index (χ1) is 12.8. The number of rotatable bonds is 6. The van der Waals surface area contributed by atoms with Gasteiger partial charge in [0, 0.05) is 37.8 Å². The molecule has 150 valence electrons. The van der Waals surface area contributed by atoms with Crippen LogP contribution in [0.15, 0.2) is 29.2 Å². The second-order valence-corrected chi connectivity index (χ2v) is 8.26. The van der Waals surface area contributed by atoms with Crippen molar-refractivity contribution in [2.75, 3.05) is 33.3 Å². The Kier molecular flexibility index (Phi) is 7.20. The topological polar surface area (TPSA) is 96.0 Å². The number of hydrogen-bond acceptors (Lipinski definition) is 5. The summed E-state index contributed by atoms with van der Waals surface area (Å²) in [5, 5.41) is 2.92. The Morgan fingerprint density at radius 1 is 1.22 bits per heavy atom. The highest BCUT2D eigenvalue weighted by molar-refractivity contribution is 7.89. The van der Waals surface area contributed by atoms with Crippen LogP contribution in [0.5, 0.6) is 0 Å². The summed E-state index contributed by atoms with van der Waals surface area (Å²) in [6.07, 6.45) is 0.880. The van der Waals surface area contributed by atoms with Crippen molar-refractivity contribution in [2.45, 2.75) is 37.6 Å². The molecule has 1 aliphatic heterocycles. The summed E-state index contributed by atoms with van der Waals surface area (Å²) < 4.78 is 31.3. The van der Waals surface area contributed by atoms with E-state index in [1.54, 1.807) is 30.9 Å². The maximum atomic E-state index is 12.6. The molecule has 9 heteroatoms. The highest BCUT2D eigenvalue weighted by Gasteiger charge is 2.26. The highest BCUT2D eigenvalue weighted by Crippen LogP contribution is 2.18. The van der Waals surface area contributed by atoms with E-state index in [-0.39, 0.29) is 22.9 Å². The molecule has 2 amide bonds. The van der Waals surface area contributed by atoms with Crippen LogP contribution >= 0.6 is 0 Å². The molecule has 2 rings (SSSR count). The Labute approximate surface area is 160 Å². The van der Waals surface area contributed by atoms with E-state index >= 15 is 0 Å². The lowest BCUT2D eigenvalue weighted by atomic mass is 10.0. The fourth-order valence-electron chi connectivity index (χ4n) is 3.11. The van der Waals surface area contributed by atoms with Crippen molar-refractivity contribution in [1.29, 1.82) is 0 Å². The van der Waals surface area contributed by atoms with E-state index in [1.165, 1.54) is 23.5 Å². The predicted octanol–water partition coefficient (Wildman–Crippen LogP) is 1.68. The zero-order valence-electron chi connectivity index (χ0n) is 16.0. The minimum absolute atomic E-state index is 0.0681. The fraction of sp³-hybridized carbons (Fsp3) is 0.556. The number of nitrogens with zero attached hydrogens (tertiary/aromatic N) is 2. The number of piperidine rings is 1. The number of methoxy groups -OCH3 is 1. The van der Waals surface area contributed by atoms with Crippen molar-refractivity contribution < 1.29 is 22.7 Å². The molecule has 8 nitrogen and oxygen atoms in total. The summed E-state index contributed by atoms with van der Waals surface area (Å²) >= 11 is 0. The highest BCUT2D eigenvalue weighted by atomic mass is 32.2. The number of hydrogen-bond donors (Lipinski definition) is 1. The number of likely N-dealkylation sites (tertiary alicyclic amines) is 1. The normalized spacial score (nSPS) is 15.6. The van der Waals surface area contributed by atoms with Crippen molar-refractivity contribution in [2.24, 2.45) is 0 Å². The molecule has 0 bridgehead atoms. The summed E-state index contributed by atoms with van der Waals surface area (Å²) in [5.74, 6) is -0.317. The van der Waals surface area contributed by atoms with Crippen LogP contribution in [0.2, 0.25) is 0 Å². The van der Waals surface area contributed by atoms with Crippen LogP contribution in [0.4, 0.5) is 4.79 Å². The van der Waals surface area contributed by atoms with E-state index in [0.29, 0.717) is 44.6 Å². The van der Waals surface area contributed by atoms with Crippen LogP contribution in [0.25, 0.3) is 0 Å². The van der Waals surface area contributed by atoms with Gasteiger partial charge in [-0.25, -0.2) is 13.2 Å². The number of amides is 2.